The van der Waals surface area contributed by atoms with Gasteiger partial charge in [-0.25, -0.2) is 4.57 Å². The minimum atomic E-state index is -0.348. The molecule has 0 saturated heterocycles. The van der Waals surface area contributed by atoms with Crippen LogP contribution in [-0.4, -0.2) is 36.1 Å². The number of ether oxygens (including phenoxy) is 1. The Morgan fingerprint density at radius 1 is 1.46 bits per heavy atom. The molecule has 0 unspecified atom stereocenters. The van der Waals surface area contributed by atoms with Crippen LogP contribution in [0.4, 0.5) is 5.82 Å². The van der Waals surface area contributed by atoms with Gasteiger partial charge in [0.15, 0.2) is 0 Å². The number of hydrogen-bond donors (Lipinski definition) is 2. The van der Waals surface area contributed by atoms with Gasteiger partial charge in [-0.1, -0.05) is 11.1 Å². The van der Waals surface area contributed by atoms with Crippen molar-refractivity contribution in [1.29, 1.82) is 0 Å². The number of pyridine rings is 2. The predicted molar refractivity (Wildman–Crippen MR) is 98.2 cm³/mol. The molecule has 0 aliphatic carbocycles. The summed E-state index contributed by atoms with van der Waals surface area (Å²) in [6.07, 6.45) is 2.34. The fourth-order valence-electron chi connectivity index (χ4n) is 3.02. The first-order chi connectivity index (χ1) is 12.5. The standard InChI is InChI=1S/C18H21N5O3/c1-11-6-4-7-23-15(11)21-16-13(18(23)25)10-12(17(24)20-2)14(19)22(16)8-5-9-26-3/h4,6-7,10,19H,5,8-9H2,1-3H3,(H,20,24)/p+1. The lowest BCUT2D eigenvalue weighted by Crippen LogP contribution is -2.43. The van der Waals surface area contributed by atoms with Crippen LogP contribution in [0, 0.1) is 6.92 Å². The fraction of sp³-hybridized carbons (Fsp3) is 0.333. The van der Waals surface area contributed by atoms with Gasteiger partial charge in [0, 0.05) is 38.9 Å². The molecule has 3 heterocycles. The zero-order valence-corrected chi connectivity index (χ0v) is 15.1. The number of rotatable bonds is 5. The lowest BCUT2D eigenvalue weighted by molar-refractivity contribution is -0.659. The van der Waals surface area contributed by atoms with Crippen LogP contribution >= 0.6 is 0 Å². The molecule has 0 radical (unpaired) electrons. The number of methoxy groups -OCH3 is 1. The van der Waals surface area contributed by atoms with Crippen LogP contribution in [0.25, 0.3) is 16.7 Å². The molecule has 0 saturated carbocycles. The zero-order chi connectivity index (χ0) is 18.8. The molecule has 0 bridgehead atoms. The smallest absolute Gasteiger partial charge is 0.278 e. The topological polar surface area (TPSA) is 103 Å². The number of carbonyl (C=O) groups excluding carboxylic acids is 1. The number of aromatic nitrogens is 3. The van der Waals surface area contributed by atoms with Crippen molar-refractivity contribution in [1.82, 2.24) is 14.7 Å². The molecule has 0 atom stereocenters. The highest BCUT2D eigenvalue weighted by atomic mass is 16.5. The molecule has 0 fully saturated rings. The molecule has 3 aromatic rings. The summed E-state index contributed by atoms with van der Waals surface area (Å²) in [6.45, 7) is 2.91. The molecule has 136 valence electrons. The van der Waals surface area contributed by atoms with Crippen molar-refractivity contribution in [3.8, 4) is 0 Å². The maximum atomic E-state index is 13.0. The Balaban J connectivity index is 2.40. The molecule has 0 aromatic carbocycles. The van der Waals surface area contributed by atoms with Gasteiger partial charge in [0.2, 0.25) is 11.5 Å². The largest absolute Gasteiger partial charge is 0.385 e. The average Bonchev–Trinajstić information content (AvgIpc) is 2.64. The summed E-state index contributed by atoms with van der Waals surface area (Å²) >= 11 is 0. The first-order valence-electron chi connectivity index (χ1n) is 8.34. The van der Waals surface area contributed by atoms with E-state index in [-0.39, 0.29) is 22.8 Å². The van der Waals surface area contributed by atoms with Gasteiger partial charge in [-0.15, -0.1) is 0 Å². The van der Waals surface area contributed by atoms with Crippen molar-refractivity contribution < 1.29 is 14.1 Å². The van der Waals surface area contributed by atoms with E-state index < -0.39 is 0 Å². The van der Waals surface area contributed by atoms with E-state index in [2.05, 4.69) is 10.3 Å². The van der Waals surface area contributed by atoms with Gasteiger partial charge in [0.1, 0.15) is 10.9 Å². The van der Waals surface area contributed by atoms with Gasteiger partial charge in [-0.05, 0) is 19.1 Å². The molecule has 1 amide bonds. The Bertz CT molecular complexity index is 1060. The van der Waals surface area contributed by atoms with Crippen molar-refractivity contribution in [3.05, 3.63) is 45.9 Å². The van der Waals surface area contributed by atoms with E-state index in [0.29, 0.717) is 36.3 Å². The third kappa shape index (κ3) is 2.88. The number of nitrogens with one attached hydrogen (secondary N) is 1. The number of nitrogens with two attached hydrogens (primary N) is 1. The van der Waals surface area contributed by atoms with Crippen molar-refractivity contribution in [2.24, 2.45) is 0 Å². The maximum Gasteiger partial charge on any atom is 0.278 e. The molecule has 3 aromatic heterocycles. The van der Waals surface area contributed by atoms with Crippen molar-refractivity contribution >= 4 is 28.4 Å². The molecule has 8 nitrogen and oxygen atoms in total. The van der Waals surface area contributed by atoms with Crippen LogP contribution in [0.15, 0.2) is 29.2 Å². The summed E-state index contributed by atoms with van der Waals surface area (Å²) < 4.78 is 8.31. The first-order valence-corrected chi connectivity index (χ1v) is 8.34. The van der Waals surface area contributed by atoms with E-state index in [4.69, 9.17) is 10.5 Å². The second-order valence-corrected chi connectivity index (χ2v) is 6.06. The van der Waals surface area contributed by atoms with E-state index in [1.165, 1.54) is 17.5 Å². The lowest BCUT2D eigenvalue weighted by Gasteiger charge is -2.12. The molecule has 0 aliphatic heterocycles. The summed E-state index contributed by atoms with van der Waals surface area (Å²) in [7, 11) is 3.14. The molecule has 26 heavy (non-hydrogen) atoms. The van der Waals surface area contributed by atoms with E-state index in [1.54, 1.807) is 23.9 Å². The minimum Gasteiger partial charge on any atom is -0.385 e. The second-order valence-electron chi connectivity index (χ2n) is 6.06. The quantitative estimate of drug-likeness (QED) is 0.392. The highest BCUT2D eigenvalue weighted by Gasteiger charge is 2.24. The summed E-state index contributed by atoms with van der Waals surface area (Å²) in [5.74, 6) is -0.0728. The van der Waals surface area contributed by atoms with E-state index >= 15 is 0 Å². The number of nitrogen functional groups attached to an aromatic ring is 1. The molecule has 8 heteroatoms. The second kappa shape index (κ2) is 7.09. The molecule has 0 spiro atoms. The zero-order valence-electron chi connectivity index (χ0n) is 15.1. The van der Waals surface area contributed by atoms with Gasteiger partial charge in [-0.3, -0.25) is 14.0 Å². The Labute approximate surface area is 150 Å². The molecule has 3 N–H and O–H groups in total. The van der Waals surface area contributed by atoms with Gasteiger partial charge in [0.05, 0.1) is 6.54 Å². The number of fused-ring (bicyclic) bond motifs is 2. The number of amides is 1. The summed E-state index contributed by atoms with van der Waals surface area (Å²) in [4.78, 5) is 29.9. The highest BCUT2D eigenvalue weighted by Crippen LogP contribution is 2.16. The van der Waals surface area contributed by atoms with Crippen LogP contribution in [0.3, 0.4) is 0 Å². The van der Waals surface area contributed by atoms with Crippen LogP contribution in [0.5, 0.6) is 0 Å². The van der Waals surface area contributed by atoms with Gasteiger partial charge >= 0.3 is 0 Å². The Morgan fingerprint density at radius 3 is 2.92 bits per heavy atom. The number of carbonyl (C=O) groups is 1. The van der Waals surface area contributed by atoms with Gasteiger partial charge in [-0.2, -0.15) is 0 Å². The van der Waals surface area contributed by atoms with Crippen LogP contribution in [-0.2, 0) is 11.3 Å². The fourth-order valence-corrected chi connectivity index (χ4v) is 3.02. The summed E-state index contributed by atoms with van der Waals surface area (Å²) in [6, 6.07) is 5.20. The van der Waals surface area contributed by atoms with E-state index in [9.17, 15) is 9.59 Å². The van der Waals surface area contributed by atoms with Gasteiger partial charge < -0.3 is 15.8 Å². The minimum absolute atomic E-state index is 0.237. The van der Waals surface area contributed by atoms with Crippen LogP contribution < -0.4 is 21.2 Å². The number of aryl methyl sites for hydroxylation is 2. The maximum absolute atomic E-state index is 13.0. The monoisotopic (exact) mass is 356 g/mol. The van der Waals surface area contributed by atoms with Crippen molar-refractivity contribution in [2.45, 2.75) is 19.9 Å². The van der Waals surface area contributed by atoms with Crippen LogP contribution in [0.1, 0.15) is 22.3 Å². The number of nitrogens with zero attached hydrogens (tertiary/aromatic N) is 3. The average molecular weight is 356 g/mol. The Hall–Kier alpha value is -3.00. The first kappa shape index (κ1) is 17.8. The van der Waals surface area contributed by atoms with E-state index in [1.807, 2.05) is 13.0 Å². The lowest BCUT2D eigenvalue weighted by atomic mass is 10.1. The van der Waals surface area contributed by atoms with E-state index in [0.717, 1.165) is 5.56 Å². The Kier molecular flexibility index (Phi) is 4.85. The number of anilines is 1. The highest BCUT2D eigenvalue weighted by molar-refractivity contribution is 6.00. The molecular weight excluding hydrogens is 334 g/mol. The van der Waals surface area contributed by atoms with Gasteiger partial charge in [0.25, 0.3) is 17.1 Å². The Morgan fingerprint density at radius 2 is 2.23 bits per heavy atom. The van der Waals surface area contributed by atoms with Crippen LogP contribution in [0.2, 0.25) is 0 Å². The molecule has 0 aliphatic rings. The van der Waals surface area contributed by atoms with Crippen molar-refractivity contribution in [2.75, 3.05) is 26.5 Å². The third-order valence-corrected chi connectivity index (χ3v) is 4.38. The summed E-state index contributed by atoms with van der Waals surface area (Å²) in [5.41, 5.74) is 8.18. The third-order valence-electron chi connectivity index (χ3n) is 4.38. The molecule has 3 rings (SSSR count). The summed E-state index contributed by atoms with van der Waals surface area (Å²) in [5, 5.41) is 2.91. The SMILES string of the molecule is CNC(=O)c1cc2c(=O)n3cccc(C)c3nc2[n+](CCCOC)c1N. The van der Waals surface area contributed by atoms with Crippen molar-refractivity contribution in [3.63, 3.8) is 0 Å². The number of hydrogen-bond acceptors (Lipinski definition) is 5. The normalized spacial score (nSPS) is 11.2. The molecular formula is C18H22N5O3+. The predicted octanol–water partition coefficient (Wildman–Crippen LogP) is 0.422.